The van der Waals surface area contributed by atoms with Crippen LogP contribution in [-0.4, -0.2) is 58.6 Å². The van der Waals surface area contributed by atoms with Gasteiger partial charge in [-0.3, -0.25) is 14.4 Å². The van der Waals surface area contributed by atoms with E-state index in [4.69, 9.17) is 10.5 Å². The number of carbonyl (C=O) groups is 4. The number of phenolic OH excluding ortho intramolecular Hbond substituents is 1. The Balaban J connectivity index is 3.35. The van der Waals surface area contributed by atoms with Gasteiger partial charge in [0.2, 0.25) is 17.7 Å². The molecule has 0 saturated heterocycles. The van der Waals surface area contributed by atoms with Crippen molar-refractivity contribution in [3.8, 4) is 5.75 Å². The number of phenols is 1. The van der Waals surface area contributed by atoms with Gasteiger partial charge in [-0.15, -0.1) is 0 Å². The predicted molar refractivity (Wildman–Crippen MR) is 128 cm³/mol. The van der Waals surface area contributed by atoms with Crippen LogP contribution in [0.25, 0.3) is 0 Å². The van der Waals surface area contributed by atoms with E-state index >= 15 is 0 Å². The second kappa shape index (κ2) is 13.4. The third-order valence-corrected chi connectivity index (χ3v) is 4.74. The quantitative estimate of drug-likeness (QED) is 0.339. The maximum Gasteiger partial charge on any atom is 0.408 e. The predicted octanol–water partition coefficient (Wildman–Crippen LogP) is 2.36. The van der Waals surface area contributed by atoms with Gasteiger partial charge in [-0.05, 0) is 51.3 Å². The molecule has 4 amide bonds. The van der Waals surface area contributed by atoms with E-state index in [0.717, 1.165) is 12.8 Å². The van der Waals surface area contributed by atoms with Crippen LogP contribution in [0.15, 0.2) is 24.3 Å². The first-order valence-electron chi connectivity index (χ1n) is 11.5. The number of nitrogens with one attached hydrogen (secondary N) is 2. The number of unbranched alkanes of at least 4 members (excludes halogenated alkanes) is 1. The van der Waals surface area contributed by atoms with E-state index in [1.165, 1.54) is 17.0 Å². The number of amides is 4. The maximum atomic E-state index is 13.6. The average Bonchev–Trinajstić information content (AvgIpc) is 2.72. The molecule has 0 fully saturated rings. The highest BCUT2D eigenvalue weighted by Crippen LogP contribution is 2.25. The Morgan fingerprint density at radius 1 is 1.09 bits per heavy atom. The van der Waals surface area contributed by atoms with E-state index in [2.05, 4.69) is 10.6 Å². The maximum absolute atomic E-state index is 13.6. The van der Waals surface area contributed by atoms with E-state index in [-0.39, 0.29) is 12.3 Å². The van der Waals surface area contributed by atoms with Crippen LogP contribution in [0, 0.1) is 0 Å². The van der Waals surface area contributed by atoms with E-state index in [1.807, 2.05) is 13.8 Å². The summed E-state index contributed by atoms with van der Waals surface area (Å²) in [7, 11) is 0. The summed E-state index contributed by atoms with van der Waals surface area (Å²) in [5.41, 5.74) is 5.00. The molecular weight excluding hydrogens is 440 g/mol. The van der Waals surface area contributed by atoms with E-state index in [0.29, 0.717) is 18.5 Å². The van der Waals surface area contributed by atoms with Crippen molar-refractivity contribution in [3.63, 3.8) is 0 Å². The van der Waals surface area contributed by atoms with Crippen LogP contribution in [0.5, 0.6) is 5.75 Å². The first kappa shape index (κ1) is 28.7. The van der Waals surface area contributed by atoms with Crippen molar-refractivity contribution in [3.05, 3.63) is 29.8 Å². The van der Waals surface area contributed by atoms with E-state index in [1.54, 1.807) is 32.9 Å². The monoisotopic (exact) mass is 478 g/mol. The second-order valence-corrected chi connectivity index (χ2v) is 9.04. The summed E-state index contributed by atoms with van der Waals surface area (Å²) in [6.07, 6.45) is 0.816. The SMILES string of the molecule is CCCCNC(=O)C(c1ccc(O)cc1)N(CCC)C(=O)C(CC(N)=O)NC(=O)OC(C)(C)C. The molecule has 190 valence electrons. The molecule has 0 heterocycles. The van der Waals surface area contributed by atoms with Gasteiger partial charge in [-0.1, -0.05) is 32.4 Å². The van der Waals surface area contributed by atoms with Crippen molar-refractivity contribution in [1.29, 1.82) is 0 Å². The van der Waals surface area contributed by atoms with Gasteiger partial charge in [0, 0.05) is 13.1 Å². The summed E-state index contributed by atoms with van der Waals surface area (Å²) in [6.45, 7) is 9.45. The van der Waals surface area contributed by atoms with Gasteiger partial charge >= 0.3 is 6.09 Å². The minimum absolute atomic E-state index is 0.0143. The van der Waals surface area contributed by atoms with Crippen molar-refractivity contribution in [2.24, 2.45) is 5.73 Å². The molecule has 2 atom stereocenters. The number of primary amides is 1. The van der Waals surface area contributed by atoms with Crippen molar-refractivity contribution >= 4 is 23.8 Å². The lowest BCUT2D eigenvalue weighted by Crippen LogP contribution is -2.54. The second-order valence-electron chi connectivity index (χ2n) is 9.04. The van der Waals surface area contributed by atoms with Crippen molar-refractivity contribution in [2.45, 2.75) is 78.0 Å². The van der Waals surface area contributed by atoms with Gasteiger partial charge in [-0.2, -0.15) is 0 Å². The van der Waals surface area contributed by atoms with Crippen LogP contribution < -0.4 is 16.4 Å². The standard InChI is InChI=1S/C24H38N4O6/c1-6-8-13-26-21(31)20(16-9-11-17(29)12-10-16)28(14-7-2)22(32)18(15-19(25)30)27-23(33)34-24(3,4)5/h9-12,18,20,29H,6-8,13-15H2,1-5H3,(H2,25,30)(H,26,31)(H,27,33). The minimum atomic E-state index is -1.32. The summed E-state index contributed by atoms with van der Waals surface area (Å²) in [5.74, 6) is -1.83. The molecule has 1 rings (SSSR count). The van der Waals surface area contributed by atoms with Gasteiger partial charge < -0.3 is 31.1 Å². The largest absolute Gasteiger partial charge is 0.508 e. The summed E-state index contributed by atoms with van der Waals surface area (Å²) in [6, 6.07) is 3.61. The van der Waals surface area contributed by atoms with Crippen molar-refractivity contribution in [1.82, 2.24) is 15.5 Å². The van der Waals surface area contributed by atoms with Gasteiger partial charge in [0.25, 0.3) is 0 Å². The number of hydrogen-bond acceptors (Lipinski definition) is 6. The molecule has 10 nitrogen and oxygen atoms in total. The lowest BCUT2D eigenvalue weighted by molar-refractivity contribution is -0.143. The third-order valence-electron chi connectivity index (χ3n) is 4.74. The highest BCUT2D eigenvalue weighted by molar-refractivity contribution is 5.94. The van der Waals surface area contributed by atoms with E-state index < -0.39 is 47.9 Å². The molecule has 0 aliphatic rings. The number of alkyl carbamates (subject to hydrolysis) is 1. The molecule has 2 unspecified atom stereocenters. The number of benzene rings is 1. The fourth-order valence-corrected chi connectivity index (χ4v) is 3.27. The van der Waals surface area contributed by atoms with Gasteiger partial charge in [-0.25, -0.2) is 4.79 Å². The molecule has 0 saturated carbocycles. The number of rotatable bonds is 12. The molecule has 0 radical (unpaired) electrons. The van der Waals surface area contributed by atoms with E-state index in [9.17, 15) is 24.3 Å². The topological polar surface area (TPSA) is 151 Å². The molecule has 5 N–H and O–H groups in total. The number of aromatic hydroxyl groups is 1. The fraction of sp³-hybridized carbons (Fsp3) is 0.583. The Hall–Kier alpha value is -3.30. The van der Waals surface area contributed by atoms with Crippen LogP contribution >= 0.6 is 0 Å². The van der Waals surface area contributed by atoms with Gasteiger partial charge in [0.15, 0.2) is 0 Å². The normalized spacial score (nSPS) is 12.9. The lowest BCUT2D eigenvalue weighted by atomic mass is 10.0. The third kappa shape index (κ3) is 9.68. The molecule has 0 aromatic heterocycles. The summed E-state index contributed by atoms with van der Waals surface area (Å²) >= 11 is 0. The van der Waals surface area contributed by atoms with Crippen molar-refractivity contribution < 1.29 is 29.0 Å². The first-order chi connectivity index (χ1) is 15.9. The van der Waals surface area contributed by atoms with Crippen LogP contribution in [0.1, 0.15) is 71.9 Å². The number of nitrogens with two attached hydrogens (primary N) is 1. The van der Waals surface area contributed by atoms with Crippen LogP contribution in [-0.2, 0) is 19.1 Å². The number of ether oxygens (including phenoxy) is 1. The molecule has 0 aliphatic carbocycles. The number of hydrogen-bond donors (Lipinski definition) is 4. The van der Waals surface area contributed by atoms with Crippen LogP contribution in [0.3, 0.4) is 0 Å². The fourth-order valence-electron chi connectivity index (χ4n) is 3.27. The Labute approximate surface area is 201 Å². The molecule has 0 spiro atoms. The highest BCUT2D eigenvalue weighted by Gasteiger charge is 2.36. The zero-order chi connectivity index (χ0) is 25.9. The molecule has 1 aromatic carbocycles. The summed E-state index contributed by atoms with van der Waals surface area (Å²) in [4.78, 5) is 52.2. The Morgan fingerprint density at radius 2 is 1.71 bits per heavy atom. The Morgan fingerprint density at radius 3 is 2.21 bits per heavy atom. The Kier molecular flexibility index (Phi) is 11.3. The molecule has 10 heteroatoms. The smallest absolute Gasteiger partial charge is 0.408 e. The molecular formula is C24H38N4O6. The molecule has 0 bridgehead atoms. The van der Waals surface area contributed by atoms with Crippen molar-refractivity contribution in [2.75, 3.05) is 13.1 Å². The zero-order valence-corrected chi connectivity index (χ0v) is 20.7. The number of nitrogens with zero attached hydrogens (tertiary/aromatic N) is 1. The average molecular weight is 479 g/mol. The molecule has 34 heavy (non-hydrogen) atoms. The lowest BCUT2D eigenvalue weighted by Gasteiger charge is -2.34. The van der Waals surface area contributed by atoms with Crippen LogP contribution in [0.2, 0.25) is 0 Å². The first-order valence-corrected chi connectivity index (χ1v) is 11.5. The Bertz CT molecular complexity index is 835. The molecule has 0 aliphatic heterocycles. The van der Waals surface area contributed by atoms with Crippen LogP contribution in [0.4, 0.5) is 4.79 Å². The van der Waals surface area contributed by atoms with Gasteiger partial charge in [0.05, 0.1) is 6.42 Å². The summed E-state index contributed by atoms with van der Waals surface area (Å²) < 4.78 is 5.23. The molecule has 1 aromatic rings. The van der Waals surface area contributed by atoms with Gasteiger partial charge in [0.1, 0.15) is 23.4 Å². The number of carbonyl (C=O) groups excluding carboxylic acids is 4. The highest BCUT2D eigenvalue weighted by atomic mass is 16.6. The summed E-state index contributed by atoms with van der Waals surface area (Å²) in [5, 5.41) is 15.0. The zero-order valence-electron chi connectivity index (χ0n) is 20.7. The minimum Gasteiger partial charge on any atom is -0.508 e.